The van der Waals surface area contributed by atoms with E-state index in [0.717, 1.165) is 0 Å². The van der Waals surface area contributed by atoms with E-state index >= 15 is 0 Å². The van der Waals surface area contributed by atoms with Crippen molar-refractivity contribution in [3.05, 3.63) is 17.0 Å². The molecule has 0 bridgehead atoms. The third-order valence-corrected chi connectivity index (χ3v) is 1.87. The minimum Gasteiger partial charge on any atom is -0.368 e. The van der Waals surface area contributed by atoms with Crippen LogP contribution in [-0.4, -0.2) is 23.6 Å². The standard InChI is InChI=1S/C9H13N3O4/c1-3-6-8(5(2)16-11-6)9(14)12-15-4-7(10)13/h3-4H2,1-2H3,(H2,10,13)(H,12,14). The number of carbonyl (C=O) groups is 2. The van der Waals surface area contributed by atoms with Gasteiger partial charge in [0.05, 0.1) is 5.69 Å². The number of aromatic nitrogens is 1. The van der Waals surface area contributed by atoms with E-state index in [4.69, 9.17) is 10.3 Å². The number of hydrogen-bond acceptors (Lipinski definition) is 5. The maximum atomic E-state index is 11.6. The Morgan fingerprint density at radius 2 is 2.25 bits per heavy atom. The Bertz CT molecular complexity index is 399. The summed E-state index contributed by atoms with van der Waals surface area (Å²) in [5.74, 6) is -0.771. The van der Waals surface area contributed by atoms with Crippen LogP contribution in [0.1, 0.15) is 28.7 Å². The van der Waals surface area contributed by atoms with Gasteiger partial charge in [0, 0.05) is 0 Å². The molecule has 1 aromatic rings. The summed E-state index contributed by atoms with van der Waals surface area (Å²) in [5, 5.41) is 3.72. The molecule has 0 radical (unpaired) electrons. The van der Waals surface area contributed by atoms with Gasteiger partial charge in [-0.15, -0.1) is 0 Å². The first-order valence-corrected chi connectivity index (χ1v) is 4.71. The third kappa shape index (κ3) is 2.80. The molecule has 0 aromatic carbocycles. The molecular weight excluding hydrogens is 214 g/mol. The van der Waals surface area contributed by atoms with Crippen molar-refractivity contribution in [2.24, 2.45) is 5.73 Å². The highest BCUT2D eigenvalue weighted by Gasteiger charge is 2.19. The molecule has 3 N–H and O–H groups in total. The number of hydroxylamine groups is 1. The molecule has 7 heteroatoms. The van der Waals surface area contributed by atoms with Gasteiger partial charge in [-0.25, -0.2) is 5.48 Å². The number of hydrogen-bond donors (Lipinski definition) is 2. The Balaban J connectivity index is 2.65. The Labute approximate surface area is 91.9 Å². The molecule has 0 aliphatic rings. The minimum atomic E-state index is -0.668. The number of nitrogens with one attached hydrogen (secondary N) is 1. The van der Waals surface area contributed by atoms with Gasteiger partial charge in [-0.1, -0.05) is 12.1 Å². The Hall–Kier alpha value is -1.89. The second-order valence-corrected chi connectivity index (χ2v) is 3.10. The molecular formula is C9H13N3O4. The fourth-order valence-corrected chi connectivity index (χ4v) is 1.17. The number of aryl methyl sites for hydroxylation is 2. The van der Waals surface area contributed by atoms with Crippen molar-refractivity contribution in [1.82, 2.24) is 10.6 Å². The quantitative estimate of drug-likeness (QED) is 0.671. The lowest BCUT2D eigenvalue weighted by atomic mass is 10.1. The number of carbonyl (C=O) groups excluding carboxylic acids is 2. The van der Waals surface area contributed by atoms with Gasteiger partial charge in [-0.2, -0.15) is 0 Å². The maximum absolute atomic E-state index is 11.6. The van der Waals surface area contributed by atoms with Crippen molar-refractivity contribution < 1.29 is 18.9 Å². The normalized spacial score (nSPS) is 10.1. The zero-order chi connectivity index (χ0) is 12.1. The van der Waals surface area contributed by atoms with E-state index in [-0.39, 0.29) is 6.61 Å². The molecule has 0 saturated heterocycles. The van der Waals surface area contributed by atoms with Gasteiger partial charge < -0.3 is 10.3 Å². The predicted octanol–water partition coefficient (Wildman–Crippen LogP) is -0.308. The van der Waals surface area contributed by atoms with Crippen molar-refractivity contribution in [3.8, 4) is 0 Å². The molecule has 0 atom stereocenters. The van der Waals surface area contributed by atoms with Gasteiger partial charge in [-0.3, -0.25) is 14.4 Å². The molecule has 1 aromatic heterocycles. The highest BCUT2D eigenvalue weighted by Crippen LogP contribution is 2.13. The van der Waals surface area contributed by atoms with E-state index in [2.05, 4.69) is 15.5 Å². The largest absolute Gasteiger partial charge is 0.368 e. The van der Waals surface area contributed by atoms with Crippen molar-refractivity contribution in [1.29, 1.82) is 0 Å². The molecule has 0 spiro atoms. The van der Waals surface area contributed by atoms with Crippen LogP contribution in [-0.2, 0) is 16.1 Å². The monoisotopic (exact) mass is 227 g/mol. The Morgan fingerprint density at radius 3 is 2.81 bits per heavy atom. The van der Waals surface area contributed by atoms with E-state index in [0.29, 0.717) is 23.4 Å². The minimum absolute atomic E-state index is 0.326. The summed E-state index contributed by atoms with van der Waals surface area (Å²) in [6, 6.07) is 0. The Kier molecular flexibility index (Phi) is 4.01. The van der Waals surface area contributed by atoms with Crippen LogP contribution in [0, 0.1) is 6.92 Å². The van der Waals surface area contributed by atoms with E-state index < -0.39 is 11.8 Å². The first kappa shape index (κ1) is 12.2. The lowest BCUT2D eigenvalue weighted by Gasteiger charge is -2.03. The summed E-state index contributed by atoms with van der Waals surface area (Å²) in [7, 11) is 0. The average Bonchev–Trinajstić information content (AvgIpc) is 2.58. The lowest BCUT2D eigenvalue weighted by molar-refractivity contribution is -0.124. The molecule has 0 saturated carbocycles. The Morgan fingerprint density at radius 1 is 1.56 bits per heavy atom. The summed E-state index contributed by atoms with van der Waals surface area (Å²) in [4.78, 5) is 26.6. The number of rotatable bonds is 5. The number of nitrogens with zero attached hydrogens (tertiary/aromatic N) is 1. The summed E-state index contributed by atoms with van der Waals surface area (Å²) >= 11 is 0. The van der Waals surface area contributed by atoms with Crippen LogP contribution in [0.4, 0.5) is 0 Å². The molecule has 1 rings (SSSR count). The molecule has 0 aliphatic carbocycles. The van der Waals surface area contributed by atoms with Gasteiger partial charge in [0.15, 0.2) is 6.61 Å². The van der Waals surface area contributed by atoms with Crippen molar-refractivity contribution in [2.45, 2.75) is 20.3 Å². The van der Waals surface area contributed by atoms with Crippen molar-refractivity contribution >= 4 is 11.8 Å². The average molecular weight is 227 g/mol. The smallest absolute Gasteiger partial charge is 0.280 e. The number of amides is 2. The van der Waals surface area contributed by atoms with Crippen molar-refractivity contribution in [2.75, 3.05) is 6.61 Å². The van der Waals surface area contributed by atoms with Crippen LogP contribution < -0.4 is 11.2 Å². The van der Waals surface area contributed by atoms with Crippen LogP contribution in [0.15, 0.2) is 4.52 Å². The van der Waals surface area contributed by atoms with Crippen LogP contribution in [0.2, 0.25) is 0 Å². The van der Waals surface area contributed by atoms with Gasteiger partial charge in [-0.05, 0) is 13.3 Å². The molecule has 0 unspecified atom stereocenters. The number of nitrogens with two attached hydrogens (primary N) is 1. The van der Waals surface area contributed by atoms with Gasteiger partial charge in [0.25, 0.3) is 5.91 Å². The molecule has 0 aliphatic heterocycles. The van der Waals surface area contributed by atoms with Crippen molar-refractivity contribution in [3.63, 3.8) is 0 Å². The fraction of sp³-hybridized carbons (Fsp3) is 0.444. The number of primary amides is 1. The molecule has 16 heavy (non-hydrogen) atoms. The van der Waals surface area contributed by atoms with Gasteiger partial charge in [0.1, 0.15) is 11.3 Å². The highest BCUT2D eigenvalue weighted by molar-refractivity contribution is 5.95. The fourth-order valence-electron chi connectivity index (χ4n) is 1.17. The first-order valence-electron chi connectivity index (χ1n) is 4.71. The zero-order valence-corrected chi connectivity index (χ0v) is 9.07. The second-order valence-electron chi connectivity index (χ2n) is 3.10. The van der Waals surface area contributed by atoms with Gasteiger partial charge >= 0.3 is 0 Å². The summed E-state index contributed by atoms with van der Waals surface area (Å²) in [5.41, 5.74) is 7.79. The van der Waals surface area contributed by atoms with Crippen LogP contribution in [0.25, 0.3) is 0 Å². The first-order chi connectivity index (χ1) is 7.56. The summed E-state index contributed by atoms with van der Waals surface area (Å²) in [6.45, 7) is 3.09. The molecule has 1 heterocycles. The third-order valence-electron chi connectivity index (χ3n) is 1.87. The highest BCUT2D eigenvalue weighted by atomic mass is 16.7. The lowest BCUT2D eigenvalue weighted by Crippen LogP contribution is -2.30. The maximum Gasteiger partial charge on any atom is 0.280 e. The molecule has 7 nitrogen and oxygen atoms in total. The van der Waals surface area contributed by atoms with Gasteiger partial charge in [0.2, 0.25) is 5.91 Å². The predicted molar refractivity (Wildman–Crippen MR) is 53.2 cm³/mol. The van der Waals surface area contributed by atoms with E-state index in [1.807, 2.05) is 6.92 Å². The second kappa shape index (κ2) is 5.26. The molecule has 2 amide bonds. The topological polar surface area (TPSA) is 107 Å². The van der Waals surface area contributed by atoms with E-state index in [1.165, 1.54) is 0 Å². The molecule has 88 valence electrons. The molecule has 0 fully saturated rings. The van der Waals surface area contributed by atoms with Crippen LogP contribution in [0.3, 0.4) is 0 Å². The SMILES string of the molecule is CCc1noc(C)c1C(=O)NOCC(N)=O. The van der Waals surface area contributed by atoms with Crippen LogP contribution in [0.5, 0.6) is 0 Å². The van der Waals surface area contributed by atoms with E-state index in [1.54, 1.807) is 6.92 Å². The summed E-state index contributed by atoms with van der Waals surface area (Å²) in [6.07, 6.45) is 0.565. The van der Waals surface area contributed by atoms with Crippen LogP contribution >= 0.6 is 0 Å². The summed E-state index contributed by atoms with van der Waals surface area (Å²) < 4.78 is 4.88. The zero-order valence-electron chi connectivity index (χ0n) is 9.07. The van der Waals surface area contributed by atoms with E-state index in [9.17, 15) is 9.59 Å².